The Morgan fingerprint density at radius 3 is 2.42 bits per heavy atom. The van der Waals surface area contributed by atoms with E-state index in [4.69, 9.17) is 4.74 Å². The summed E-state index contributed by atoms with van der Waals surface area (Å²) in [7, 11) is 1.69. The van der Waals surface area contributed by atoms with Crippen molar-refractivity contribution in [3.63, 3.8) is 0 Å². The van der Waals surface area contributed by atoms with Crippen LogP contribution < -0.4 is 10.6 Å². The summed E-state index contributed by atoms with van der Waals surface area (Å²) in [5.41, 5.74) is 1.11. The molecule has 1 aliphatic carbocycles. The van der Waals surface area contributed by atoms with Crippen LogP contribution in [0.15, 0.2) is 30.3 Å². The minimum absolute atomic E-state index is 0.109. The van der Waals surface area contributed by atoms with Crippen molar-refractivity contribution in [2.75, 3.05) is 33.4 Å². The Morgan fingerprint density at radius 1 is 1.12 bits per heavy atom. The Morgan fingerprint density at radius 2 is 1.79 bits per heavy atom. The molecule has 2 aliphatic rings. The second kappa shape index (κ2) is 7.66. The number of nitrogens with one attached hydrogen (secondary N) is 2. The highest BCUT2D eigenvalue weighted by Gasteiger charge is 2.42. The molecule has 1 aliphatic heterocycles. The third-order valence-corrected chi connectivity index (χ3v) is 6.00. The maximum Gasteiger partial charge on any atom is 0.228 e. The molecule has 1 saturated heterocycles. The predicted molar refractivity (Wildman–Crippen MR) is 96.0 cm³/mol. The Hall–Kier alpha value is -1.39. The topological polar surface area (TPSA) is 50.4 Å². The van der Waals surface area contributed by atoms with Crippen molar-refractivity contribution >= 4 is 5.91 Å². The summed E-state index contributed by atoms with van der Waals surface area (Å²) in [4.78, 5) is 13.0. The molecule has 0 spiro atoms. The highest BCUT2D eigenvalue weighted by molar-refractivity contribution is 5.83. The molecule has 0 radical (unpaired) electrons. The molecule has 1 aromatic carbocycles. The zero-order chi connectivity index (χ0) is 16.9. The van der Waals surface area contributed by atoms with Crippen LogP contribution in [0.25, 0.3) is 0 Å². The van der Waals surface area contributed by atoms with Crippen molar-refractivity contribution < 1.29 is 9.53 Å². The molecular weight excluding hydrogens is 300 g/mol. The molecule has 0 bridgehead atoms. The summed E-state index contributed by atoms with van der Waals surface area (Å²) in [6.07, 6.45) is 6.53. The van der Waals surface area contributed by atoms with E-state index in [0.717, 1.165) is 45.3 Å². The Balaban J connectivity index is 1.71. The Kier molecular flexibility index (Phi) is 5.57. The summed E-state index contributed by atoms with van der Waals surface area (Å²) in [5, 5.41) is 6.66. The average molecular weight is 330 g/mol. The van der Waals surface area contributed by atoms with Gasteiger partial charge < -0.3 is 15.4 Å². The molecule has 4 heteroatoms. The molecule has 2 fully saturated rings. The lowest BCUT2D eigenvalue weighted by molar-refractivity contribution is -0.136. The van der Waals surface area contributed by atoms with Gasteiger partial charge in [-0.3, -0.25) is 4.79 Å². The molecule has 24 heavy (non-hydrogen) atoms. The third kappa shape index (κ3) is 3.50. The maximum absolute atomic E-state index is 13.0. The van der Waals surface area contributed by atoms with Gasteiger partial charge in [0.1, 0.15) is 0 Å². The Labute approximate surface area is 145 Å². The van der Waals surface area contributed by atoms with Crippen LogP contribution in [0.5, 0.6) is 0 Å². The predicted octanol–water partition coefficient (Wildman–Crippen LogP) is 2.63. The molecule has 1 saturated carbocycles. The van der Waals surface area contributed by atoms with E-state index >= 15 is 0 Å². The monoisotopic (exact) mass is 330 g/mol. The zero-order valence-electron chi connectivity index (χ0n) is 14.8. The molecule has 3 rings (SSSR count). The van der Waals surface area contributed by atoms with Crippen LogP contribution >= 0.6 is 0 Å². The minimum Gasteiger partial charge on any atom is -0.384 e. The van der Waals surface area contributed by atoms with Crippen molar-refractivity contribution in [3.8, 4) is 0 Å². The first kappa shape index (κ1) is 17.4. The van der Waals surface area contributed by atoms with E-state index in [1.807, 2.05) is 0 Å². The summed E-state index contributed by atoms with van der Waals surface area (Å²) in [6, 6.07) is 10.7. The van der Waals surface area contributed by atoms with Gasteiger partial charge in [0.25, 0.3) is 0 Å². The first-order chi connectivity index (χ1) is 11.7. The molecule has 132 valence electrons. The van der Waals surface area contributed by atoms with Gasteiger partial charge in [0.2, 0.25) is 5.91 Å². The van der Waals surface area contributed by atoms with E-state index in [1.165, 1.54) is 18.4 Å². The lowest BCUT2D eigenvalue weighted by Gasteiger charge is -2.37. The second-order valence-corrected chi connectivity index (χ2v) is 7.50. The second-order valence-electron chi connectivity index (χ2n) is 7.50. The average Bonchev–Trinajstić information content (AvgIpc) is 3.12. The molecule has 1 aromatic rings. The Bertz CT molecular complexity index is 526. The van der Waals surface area contributed by atoms with E-state index < -0.39 is 0 Å². The van der Waals surface area contributed by atoms with E-state index in [9.17, 15) is 4.79 Å². The van der Waals surface area contributed by atoms with Gasteiger partial charge in [-0.05, 0) is 44.3 Å². The molecule has 4 nitrogen and oxygen atoms in total. The van der Waals surface area contributed by atoms with Crippen LogP contribution in [0.1, 0.15) is 44.1 Å². The van der Waals surface area contributed by atoms with Crippen LogP contribution in [0.3, 0.4) is 0 Å². The molecule has 2 N–H and O–H groups in total. The fourth-order valence-electron chi connectivity index (χ4n) is 4.47. The van der Waals surface area contributed by atoms with E-state index in [2.05, 4.69) is 41.0 Å². The molecule has 1 heterocycles. The van der Waals surface area contributed by atoms with Gasteiger partial charge in [0.05, 0.1) is 12.0 Å². The van der Waals surface area contributed by atoms with Crippen molar-refractivity contribution in [2.24, 2.45) is 5.41 Å². The quantitative estimate of drug-likeness (QED) is 0.843. The minimum atomic E-state index is -0.365. The van der Waals surface area contributed by atoms with Crippen molar-refractivity contribution in [2.45, 2.75) is 43.9 Å². The standard InChI is InChI=1S/C20H30N2O2/c1-24-16-20(11-13-21-14-12-20)18(23)22-15-19(9-5-6-10-19)17-7-3-2-4-8-17/h2-4,7-8,21H,5-6,9-16H2,1H3,(H,22,23). The number of methoxy groups -OCH3 is 1. The lowest BCUT2D eigenvalue weighted by Crippen LogP contribution is -2.52. The largest absolute Gasteiger partial charge is 0.384 e. The zero-order valence-corrected chi connectivity index (χ0v) is 14.8. The number of carbonyl (C=O) groups excluding carboxylic acids is 1. The smallest absolute Gasteiger partial charge is 0.228 e. The van der Waals surface area contributed by atoms with Gasteiger partial charge in [-0.15, -0.1) is 0 Å². The number of benzene rings is 1. The van der Waals surface area contributed by atoms with Gasteiger partial charge >= 0.3 is 0 Å². The van der Waals surface area contributed by atoms with Crippen molar-refractivity contribution in [3.05, 3.63) is 35.9 Å². The summed E-state index contributed by atoms with van der Waals surface area (Å²) < 4.78 is 5.40. The number of carbonyl (C=O) groups is 1. The third-order valence-electron chi connectivity index (χ3n) is 6.00. The number of hydrogen-bond donors (Lipinski definition) is 2. The van der Waals surface area contributed by atoms with Crippen LogP contribution in [0.2, 0.25) is 0 Å². The summed E-state index contributed by atoms with van der Waals surface area (Å²) in [6.45, 7) is 3.04. The highest BCUT2D eigenvalue weighted by Crippen LogP contribution is 2.41. The van der Waals surface area contributed by atoms with E-state index in [-0.39, 0.29) is 16.7 Å². The molecule has 0 aromatic heterocycles. The first-order valence-corrected chi connectivity index (χ1v) is 9.24. The number of hydrogen-bond acceptors (Lipinski definition) is 3. The highest BCUT2D eigenvalue weighted by atomic mass is 16.5. The normalized spacial score (nSPS) is 22.2. The summed E-state index contributed by atoms with van der Waals surface area (Å²) in [5.74, 6) is 0.174. The van der Waals surface area contributed by atoms with E-state index in [1.54, 1.807) is 7.11 Å². The molecular formula is C20H30N2O2. The fraction of sp³-hybridized carbons (Fsp3) is 0.650. The van der Waals surface area contributed by atoms with Gasteiger partial charge in [0.15, 0.2) is 0 Å². The number of piperidine rings is 1. The van der Waals surface area contributed by atoms with Gasteiger partial charge in [-0.1, -0.05) is 43.2 Å². The van der Waals surface area contributed by atoms with Crippen LogP contribution in [-0.4, -0.2) is 39.3 Å². The lowest BCUT2D eigenvalue weighted by atomic mass is 9.76. The van der Waals surface area contributed by atoms with Gasteiger partial charge in [-0.2, -0.15) is 0 Å². The van der Waals surface area contributed by atoms with Crippen molar-refractivity contribution in [1.29, 1.82) is 0 Å². The van der Waals surface area contributed by atoms with Gasteiger partial charge in [0, 0.05) is 19.1 Å². The van der Waals surface area contributed by atoms with Crippen LogP contribution in [0, 0.1) is 5.41 Å². The van der Waals surface area contributed by atoms with Crippen LogP contribution in [-0.2, 0) is 14.9 Å². The first-order valence-electron chi connectivity index (χ1n) is 9.24. The molecule has 1 amide bonds. The summed E-state index contributed by atoms with van der Waals surface area (Å²) >= 11 is 0. The fourth-order valence-corrected chi connectivity index (χ4v) is 4.47. The number of rotatable bonds is 6. The SMILES string of the molecule is COCC1(C(=O)NCC2(c3ccccc3)CCCC2)CCNCC1. The molecule has 0 unspecified atom stereocenters. The van der Waals surface area contributed by atoms with Gasteiger partial charge in [-0.25, -0.2) is 0 Å². The maximum atomic E-state index is 13.0. The van der Waals surface area contributed by atoms with E-state index in [0.29, 0.717) is 6.61 Å². The molecule has 0 atom stereocenters. The van der Waals surface area contributed by atoms with Crippen LogP contribution in [0.4, 0.5) is 0 Å². The number of ether oxygens (including phenoxy) is 1. The number of amides is 1. The van der Waals surface area contributed by atoms with Crippen molar-refractivity contribution in [1.82, 2.24) is 10.6 Å².